The van der Waals surface area contributed by atoms with E-state index in [0.29, 0.717) is 23.5 Å². The van der Waals surface area contributed by atoms with Crippen LogP contribution in [0.4, 0.5) is 0 Å². The predicted molar refractivity (Wildman–Crippen MR) is 105 cm³/mol. The fourth-order valence-corrected chi connectivity index (χ4v) is 6.36. The molecule has 8 nitrogen and oxygen atoms in total. The Morgan fingerprint density at radius 1 is 1.00 bits per heavy atom. The molecule has 0 N–H and O–H groups in total. The minimum absolute atomic E-state index is 0.0512. The molecule has 7 rings (SSSR count). The number of hydrogen-bond acceptors (Lipinski definition) is 7. The lowest BCUT2D eigenvalue weighted by atomic mass is 9.58. The third kappa shape index (κ3) is 2.60. The Morgan fingerprint density at radius 2 is 1.71 bits per heavy atom. The van der Waals surface area contributed by atoms with E-state index in [4.69, 9.17) is 24.1 Å². The van der Waals surface area contributed by atoms with Gasteiger partial charge in [0, 0.05) is 18.3 Å². The van der Waals surface area contributed by atoms with Crippen LogP contribution in [0.3, 0.4) is 0 Å². The van der Waals surface area contributed by atoms with Crippen LogP contribution in [0.5, 0.6) is 0 Å². The van der Waals surface area contributed by atoms with Gasteiger partial charge in [0.05, 0.1) is 11.1 Å². The van der Waals surface area contributed by atoms with Crippen LogP contribution in [-0.4, -0.2) is 40.8 Å². The summed E-state index contributed by atoms with van der Waals surface area (Å²) in [5.74, 6) is -1.22. The van der Waals surface area contributed by atoms with Crippen LogP contribution in [0.25, 0.3) is 0 Å². The largest absolute Gasteiger partial charge is 0.318 e. The van der Waals surface area contributed by atoms with Crippen LogP contribution in [0.1, 0.15) is 67.2 Å². The summed E-state index contributed by atoms with van der Waals surface area (Å²) < 4.78 is 12.6. The molecule has 0 aromatic heterocycles. The summed E-state index contributed by atoms with van der Waals surface area (Å²) in [6, 6.07) is 6.72. The number of hydroxylamine groups is 2. The van der Waals surface area contributed by atoms with Gasteiger partial charge in [-0.25, -0.2) is 14.6 Å². The molecule has 2 amide bonds. The first-order valence-electron chi connectivity index (χ1n) is 11.2. The van der Waals surface area contributed by atoms with Crippen molar-refractivity contribution in [2.45, 2.75) is 70.4 Å². The molecule has 1 aromatic carbocycles. The van der Waals surface area contributed by atoms with E-state index in [9.17, 15) is 9.59 Å². The molecule has 5 fully saturated rings. The number of carbonyl (C=O) groups excluding carboxylic acids is 2. The Hall–Kier alpha value is -1.84. The highest BCUT2D eigenvalue weighted by molar-refractivity contribution is 6.20. The fourth-order valence-electron chi connectivity index (χ4n) is 6.36. The van der Waals surface area contributed by atoms with Crippen molar-refractivity contribution in [3.8, 4) is 0 Å². The van der Waals surface area contributed by atoms with E-state index in [1.165, 1.54) is 0 Å². The van der Waals surface area contributed by atoms with E-state index in [2.05, 4.69) is 6.92 Å². The molecule has 4 saturated heterocycles. The third-order valence-corrected chi connectivity index (χ3v) is 8.06. The lowest BCUT2D eigenvalue weighted by molar-refractivity contribution is -0.579. The predicted octanol–water partition coefficient (Wildman–Crippen LogP) is 3.42. The number of amides is 2. The topological polar surface area (TPSA) is 83.5 Å². The molecule has 6 aliphatic rings. The van der Waals surface area contributed by atoms with Gasteiger partial charge in [-0.15, -0.1) is 5.06 Å². The second kappa shape index (κ2) is 6.59. The number of nitrogens with zero attached hydrogens (tertiary/aromatic N) is 1. The number of benzene rings is 1. The minimum atomic E-state index is -0.891. The summed E-state index contributed by atoms with van der Waals surface area (Å²) in [5.41, 5.74) is -0.0319. The second-order valence-corrected chi connectivity index (χ2v) is 9.83. The highest BCUT2D eigenvalue weighted by atomic mass is 17.3. The number of carbonyl (C=O) groups is 2. The number of rotatable bonds is 2. The first-order chi connectivity index (χ1) is 14.8. The van der Waals surface area contributed by atoms with Crippen molar-refractivity contribution in [3.05, 3.63) is 35.4 Å². The molecule has 8 heteroatoms. The van der Waals surface area contributed by atoms with E-state index < -0.39 is 35.8 Å². The highest BCUT2D eigenvalue weighted by Gasteiger charge is 2.69. The molecule has 5 aliphatic heterocycles. The van der Waals surface area contributed by atoms with E-state index >= 15 is 0 Å². The van der Waals surface area contributed by atoms with Gasteiger partial charge in [0.1, 0.15) is 0 Å². The smallest absolute Gasteiger partial charge is 0.285 e. The van der Waals surface area contributed by atoms with Gasteiger partial charge in [0.2, 0.25) is 5.79 Å². The molecule has 1 spiro atoms. The van der Waals surface area contributed by atoms with E-state index in [1.807, 2.05) is 13.8 Å². The number of ether oxygens (including phenoxy) is 2. The van der Waals surface area contributed by atoms with Gasteiger partial charge in [0.25, 0.3) is 11.8 Å². The first-order valence-corrected chi connectivity index (χ1v) is 11.2. The van der Waals surface area contributed by atoms with Crippen molar-refractivity contribution < 1.29 is 33.7 Å². The zero-order valence-corrected chi connectivity index (χ0v) is 17.9. The quantitative estimate of drug-likeness (QED) is 0.526. The first kappa shape index (κ1) is 19.8. The Balaban J connectivity index is 1.32. The Labute approximate surface area is 180 Å². The van der Waals surface area contributed by atoms with Crippen molar-refractivity contribution in [2.75, 3.05) is 0 Å². The second-order valence-electron chi connectivity index (χ2n) is 9.83. The maximum atomic E-state index is 12.8. The number of hydrogen-bond donors (Lipinski definition) is 0. The van der Waals surface area contributed by atoms with Crippen LogP contribution in [0.15, 0.2) is 24.3 Å². The minimum Gasteiger partial charge on any atom is -0.318 e. The molecular weight excluding hydrogens is 402 g/mol. The lowest BCUT2D eigenvalue weighted by Gasteiger charge is -2.60. The molecule has 1 saturated carbocycles. The highest BCUT2D eigenvalue weighted by Crippen LogP contribution is 2.60. The van der Waals surface area contributed by atoms with Crippen LogP contribution in [0.2, 0.25) is 0 Å². The van der Waals surface area contributed by atoms with Crippen molar-refractivity contribution in [3.63, 3.8) is 0 Å². The lowest BCUT2D eigenvalue weighted by Crippen LogP contribution is -2.70. The number of imide groups is 1. The summed E-state index contributed by atoms with van der Waals surface area (Å²) in [6.45, 7) is 6.13. The zero-order valence-electron chi connectivity index (χ0n) is 17.9. The van der Waals surface area contributed by atoms with Crippen LogP contribution < -0.4 is 0 Å². The van der Waals surface area contributed by atoms with Gasteiger partial charge < -0.3 is 9.47 Å². The average molecular weight is 429 g/mol. The van der Waals surface area contributed by atoms with E-state index in [-0.39, 0.29) is 17.8 Å². The SMILES string of the molecule is C[C@@H]1CC[C@H]2[C@@H](C)C(ON3C(=O)c4ccccc4C3=O)O[C@@H]3O[C@@]4(C)CC[C@@H]1[C@]32OO4. The third-order valence-electron chi connectivity index (χ3n) is 8.06. The normalized spacial score (nSPS) is 46.0. The van der Waals surface area contributed by atoms with Crippen LogP contribution in [0, 0.1) is 23.7 Å². The molecule has 1 aliphatic carbocycles. The zero-order chi connectivity index (χ0) is 21.5. The average Bonchev–Trinajstić information content (AvgIpc) is 2.88. The fraction of sp³-hybridized carbons (Fsp3) is 0.652. The van der Waals surface area contributed by atoms with Crippen LogP contribution >= 0.6 is 0 Å². The molecule has 166 valence electrons. The van der Waals surface area contributed by atoms with E-state index in [1.54, 1.807) is 24.3 Å². The monoisotopic (exact) mass is 429 g/mol. The summed E-state index contributed by atoms with van der Waals surface area (Å²) >= 11 is 0. The summed E-state index contributed by atoms with van der Waals surface area (Å²) in [7, 11) is 0. The Kier molecular flexibility index (Phi) is 4.21. The molecule has 1 aromatic rings. The molecule has 2 bridgehead atoms. The maximum absolute atomic E-state index is 12.8. The molecule has 1 unspecified atom stereocenters. The van der Waals surface area contributed by atoms with Crippen molar-refractivity contribution >= 4 is 11.8 Å². The molecule has 31 heavy (non-hydrogen) atoms. The van der Waals surface area contributed by atoms with Gasteiger partial charge in [-0.05, 0) is 50.2 Å². The van der Waals surface area contributed by atoms with Crippen molar-refractivity contribution in [1.82, 2.24) is 5.06 Å². The van der Waals surface area contributed by atoms with Crippen LogP contribution in [-0.2, 0) is 24.1 Å². The van der Waals surface area contributed by atoms with E-state index in [0.717, 1.165) is 24.3 Å². The van der Waals surface area contributed by atoms with Gasteiger partial charge in [0.15, 0.2) is 18.2 Å². The summed E-state index contributed by atoms with van der Waals surface area (Å²) in [6.07, 6.45) is 2.11. The molecule has 5 heterocycles. The Morgan fingerprint density at radius 3 is 2.42 bits per heavy atom. The van der Waals surface area contributed by atoms with Crippen molar-refractivity contribution in [2.24, 2.45) is 23.7 Å². The maximum Gasteiger partial charge on any atom is 0.285 e. The number of fused-ring (bicyclic) bond motifs is 3. The molecule has 0 radical (unpaired) electrons. The summed E-state index contributed by atoms with van der Waals surface area (Å²) in [5, 5.41) is 0.834. The van der Waals surface area contributed by atoms with Gasteiger partial charge >= 0.3 is 0 Å². The van der Waals surface area contributed by atoms with Gasteiger partial charge in [-0.3, -0.25) is 9.59 Å². The van der Waals surface area contributed by atoms with Crippen molar-refractivity contribution in [1.29, 1.82) is 0 Å². The van der Waals surface area contributed by atoms with Gasteiger partial charge in [-0.2, -0.15) is 0 Å². The molecule has 8 atom stereocenters. The Bertz CT molecular complexity index is 917. The standard InChI is InChI=1S/C23H27NO7/c1-12-8-9-17-13(2)20(29-24-18(25)14-6-4-5-7-15(14)19(24)26)27-21-23(17)16(12)10-11-22(3,28-21)30-31-23/h4-7,12-13,16-17,20-21H,8-11H2,1-3H3/t12-,13-,16+,17+,20?,21-,22-,23-/m1/s1. The van der Waals surface area contributed by atoms with Gasteiger partial charge in [-0.1, -0.05) is 26.0 Å². The molecular formula is C23H27NO7. The summed E-state index contributed by atoms with van der Waals surface area (Å²) in [4.78, 5) is 43.5.